The number of nitrogens with zero attached hydrogens (tertiary/aromatic N) is 4. The van der Waals surface area contributed by atoms with Crippen LogP contribution in [0.3, 0.4) is 0 Å². The van der Waals surface area contributed by atoms with Crippen molar-refractivity contribution in [3.63, 3.8) is 0 Å². The van der Waals surface area contributed by atoms with Gasteiger partial charge in [0.1, 0.15) is 5.82 Å². The van der Waals surface area contributed by atoms with Gasteiger partial charge in [-0.25, -0.2) is 4.98 Å². The Balaban J connectivity index is 1.61. The highest BCUT2D eigenvalue weighted by atomic mass is 35.5. The number of anilines is 3. The highest BCUT2D eigenvalue weighted by Gasteiger charge is 2.12. The molecule has 0 aliphatic carbocycles. The van der Waals surface area contributed by atoms with Gasteiger partial charge >= 0.3 is 0 Å². The van der Waals surface area contributed by atoms with Crippen LogP contribution in [0.5, 0.6) is 0 Å². The maximum atomic E-state index is 6.48. The maximum Gasteiger partial charge on any atom is 0.222 e. The monoisotopic (exact) mass is 440 g/mol. The minimum Gasteiger partial charge on any atom is -0.368 e. The highest BCUT2D eigenvalue weighted by molar-refractivity contribution is 7.99. The van der Waals surface area contributed by atoms with Gasteiger partial charge in [0.25, 0.3) is 0 Å². The van der Waals surface area contributed by atoms with E-state index in [0.717, 1.165) is 15.4 Å². The van der Waals surface area contributed by atoms with Crippen LogP contribution in [-0.4, -0.2) is 19.9 Å². The third kappa shape index (κ3) is 4.76. The van der Waals surface area contributed by atoms with Crippen molar-refractivity contribution < 1.29 is 0 Å². The largest absolute Gasteiger partial charge is 0.368 e. The summed E-state index contributed by atoms with van der Waals surface area (Å²) in [5.74, 6) is 0.675. The molecule has 0 aliphatic heterocycles. The summed E-state index contributed by atoms with van der Waals surface area (Å²) >= 11 is 14.4. The van der Waals surface area contributed by atoms with E-state index in [1.807, 2.05) is 24.3 Å². The average molecular weight is 441 g/mol. The summed E-state index contributed by atoms with van der Waals surface area (Å²) < 4.78 is 0. The first-order valence-electron chi connectivity index (χ1n) is 8.47. The molecule has 9 heteroatoms. The lowest BCUT2D eigenvalue weighted by Gasteiger charge is -2.12. The van der Waals surface area contributed by atoms with Gasteiger partial charge in [-0.1, -0.05) is 35.0 Å². The zero-order valence-electron chi connectivity index (χ0n) is 14.9. The summed E-state index contributed by atoms with van der Waals surface area (Å²) in [5, 5.41) is 4.24. The number of nitrogens with one attached hydrogen (secondary N) is 1. The van der Waals surface area contributed by atoms with Gasteiger partial charge in [-0.2, -0.15) is 4.98 Å². The van der Waals surface area contributed by atoms with E-state index in [0.29, 0.717) is 27.2 Å². The smallest absolute Gasteiger partial charge is 0.222 e. The molecule has 0 atom stereocenters. The number of rotatable bonds is 5. The molecule has 29 heavy (non-hydrogen) atoms. The fourth-order valence-corrected chi connectivity index (χ4v) is 4.12. The molecule has 4 aromatic rings. The van der Waals surface area contributed by atoms with Crippen LogP contribution in [0.15, 0.2) is 77.0 Å². The van der Waals surface area contributed by atoms with Crippen LogP contribution < -0.4 is 11.1 Å². The van der Waals surface area contributed by atoms with E-state index in [1.165, 1.54) is 11.8 Å². The van der Waals surface area contributed by atoms with E-state index >= 15 is 0 Å². The molecule has 3 heterocycles. The SMILES string of the molecule is Nc1nc(Nc2cc(Cl)c(Sc3ccncc3)c(Cl)c2)cc(-c2cccnc2)n1. The van der Waals surface area contributed by atoms with Gasteiger partial charge in [0.2, 0.25) is 5.95 Å². The quantitative estimate of drug-likeness (QED) is 0.410. The predicted octanol–water partition coefficient (Wildman–Crippen LogP) is 5.72. The Hall–Kier alpha value is -2.87. The summed E-state index contributed by atoms with van der Waals surface area (Å²) in [7, 11) is 0. The average Bonchev–Trinajstić information content (AvgIpc) is 2.72. The fraction of sp³-hybridized carbons (Fsp3) is 0. The third-order valence-electron chi connectivity index (χ3n) is 3.84. The predicted molar refractivity (Wildman–Crippen MR) is 118 cm³/mol. The van der Waals surface area contributed by atoms with Crippen molar-refractivity contribution in [1.82, 2.24) is 19.9 Å². The van der Waals surface area contributed by atoms with Crippen molar-refractivity contribution in [2.75, 3.05) is 11.1 Å². The minimum atomic E-state index is 0.149. The molecule has 6 nitrogen and oxygen atoms in total. The van der Waals surface area contributed by atoms with Crippen LogP contribution in [0.1, 0.15) is 0 Å². The minimum absolute atomic E-state index is 0.149. The first-order valence-corrected chi connectivity index (χ1v) is 10.0. The molecule has 144 valence electrons. The van der Waals surface area contributed by atoms with E-state index in [4.69, 9.17) is 28.9 Å². The molecule has 0 saturated heterocycles. The molecule has 0 aliphatic rings. The van der Waals surface area contributed by atoms with E-state index < -0.39 is 0 Å². The zero-order chi connectivity index (χ0) is 20.2. The van der Waals surface area contributed by atoms with Gasteiger partial charge in [0.05, 0.1) is 15.7 Å². The molecule has 0 unspecified atom stereocenters. The highest BCUT2D eigenvalue weighted by Crippen LogP contribution is 2.40. The molecule has 4 rings (SSSR count). The molecule has 0 fully saturated rings. The normalized spacial score (nSPS) is 10.7. The number of halogens is 2. The Kier molecular flexibility index (Phi) is 5.80. The molecule has 0 bridgehead atoms. The second kappa shape index (κ2) is 8.65. The lowest BCUT2D eigenvalue weighted by molar-refractivity contribution is 1.18. The van der Waals surface area contributed by atoms with Crippen molar-refractivity contribution in [1.29, 1.82) is 0 Å². The second-order valence-electron chi connectivity index (χ2n) is 5.92. The van der Waals surface area contributed by atoms with Crippen molar-refractivity contribution in [2.24, 2.45) is 0 Å². The molecule has 0 saturated carbocycles. The standard InChI is InChI=1S/C20H14Cl2N6S/c21-15-8-13(9-16(22)19(15)29-14-3-6-24-7-4-14)26-18-10-17(27-20(23)28-18)12-2-1-5-25-11-12/h1-11H,(H3,23,26,27,28). The summed E-state index contributed by atoms with van der Waals surface area (Å²) in [4.78, 5) is 18.4. The molecule has 0 spiro atoms. The van der Waals surface area contributed by atoms with E-state index in [-0.39, 0.29) is 5.95 Å². The summed E-state index contributed by atoms with van der Waals surface area (Å²) in [6.07, 6.45) is 6.85. The molecule has 0 amide bonds. The Bertz CT molecular complexity index is 1120. The van der Waals surface area contributed by atoms with Gasteiger partial charge < -0.3 is 11.1 Å². The van der Waals surface area contributed by atoms with Gasteiger partial charge in [0, 0.05) is 51.9 Å². The summed E-state index contributed by atoms with van der Waals surface area (Å²) in [5.41, 5.74) is 8.07. The number of nitrogen functional groups attached to an aromatic ring is 1. The van der Waals surface area contributed by atoms with Crippen molar-refractivity contribution in [2.45, 2.75) is 9.79 Å². The first kappa shape index (κ1) is 19.4. The Labute approximate surface area is 181 Å². The van der Waals surface area contributed by atoms with Gasteiger partial charge in [-0.05, 0) is 36.4 Å². The third-order valence-corrected chi connectivity index (χ3v) is 5.81. The Morgan fingerprint density at radius 3 is 2.34 bits per heavy atom. The van der Waals surface area contributed by atoms with E-state index in [1.54, 1.807) is 43.0 Å². The van der Waals surface area contributed by atoms with Crippen LogP contribution in [0.4, 0.5) is 17.5 Å². The van der Waals surface area contributed by atoms with Crippen molar-refractivity contribution >= 4 is 52.4 Å². The molecule has 3 N–H and O–H groups in total. The Morgan fingerprint density at radius 2 is 1.66 bits per heavy atom. The van der Waals surface area contributed by atoms with Crippen molar-refractivity contribution in [3.8, 4) is 11.3 Å². The van der Waals surface area contributed by atoms with Gasteiger partial charge in [-0.3, -0.25) is 9.97 Å². The summed E-state index contributed by atoms with van der Waals surface area (Å²) in [6.45, 7) is 0. The number of hydrogen-bond donors (Lipinski definition) is 2. The summed E-state index contributed by atoms with van der Waals surface area (Å²) in [6, 6.07) is 12.9. The number of aromatic nitrogens is 4. The Morgan fingerprint density at radius 1 is 0.897 bits per heavy atom. The van der Waals surface area contributed by atoms with Crippen LogP contribution in [0.2, 0.25) is 10.0 Å². The van der Waals surface area contributed by atoms with Gasteiger partial charge in [-0.15, -0.1) is 0 Å². The molecule has 1 aromatic carbocycles. The molecule has 0 radical (unpaired) electrons. The molecular formula is C20H14Cl2N6S. The zero-order valence-corrected chi connectivity index (χ0v) is 17.2. The lowest BCUT2D eigenvalue weighted by Crippen LogP contribution is -2.01. The number of pyridine rings is 2. The van der Waals surface area contributed by atoms with Crippen molar-refractivity contribution in [3.05, 3.63) is 77.3 Å². The lowest BCUT2D eigenvalue weighted by atomic mass is 10.2. The van der Waals surface area contributed by atoms with Crippen LogP contribution in [0, 0.1) is 0 Å². The van der Waals surface area contributed by atoms with Crippen LogP contribution in [-0.2, 0) is 0 Å². The molecular weight excluding hydrogens is 427 g/mol. The fourth-order valence-electron chi connectivity index (χ4n) is 2.59. The number of nitrogens with two attached hydrogens (primary N) is 1. The van der Waals surface area contributed by atoms with E-state index in [2.05, 4.69) is 25.3 Å². The van der Waals surface area contributed by atoms with Crippen LogP contribution >= 0.6 is 35.0 Å². The number of hydrogen-bond acceptors (Lipinski definition) is 7. The van der Waals surface area contributed by atoms with Gasteiger partial charge in [0.15, 0.2) is 0 Å². The van der Waals surface area contributed by atoms with Crippen LogP contribution in [0.25, 0.3) is 11.3 Å². The first-order chi connectivity index (χ1) is 14.1. The second-order valence-corrected chi connectivity index (χ2v) is 7.82. The maximum absolute atomic E-state index is 6.48. The molecule has 3 aromatic heterocycles. The van der Waals surface area contributed by atoms with E-state index in [9.17, 15) is 0 Å². The topological polar surface area (TPSA) is 89.6 Å². The number of benzene rings is 1.